The first-order valence-electron chi connectivity index (χ1n) is 6.10. The van der Waals surface area contributed by atoms with E-state index in [-0.39, 0.29) is 0 Å². The molecule has 2 aromatic rings. The van der Waals surface area contributed by atoms with E-state index in [1.807, 2.05) is 6.92 Å². The van der Waals surface area contributed by atoms with Crippen LogP contribution in [0.25, 0.3) is 11.5 Å². The maximum atomic E-state index is 6.27. The van der Waals surface area contributed by atoms with E-state index in [4.69, 9.17) is 10.3 Å². The third-order valence-corrected chi connectivity index (χ3v) is 3.35. The lowest BCUT2D eigenvalue weighted by molar-refractivity contribution is 0.285. The zero-order valence-electron chi connectivity index (χ0n) is 10.3. The minimum atomic E-state index is -0.451. The molecule has 18 heavy (non-hydrogen) atoms. The second-order valence-corrected chi connectivity index (χ2v) is 4.78. The summed E-state index contributed by atoms with van der Waals surface area (Å²) >= 11 is 0. The monoisotopic (exact) mass is 245 g/mol. The molecule has 0 unspecified atom stereocenters. The maximum Gasteiger partial charge on any atom is 0.247 e. The molecule has 1 fully saturated rings. The zero-order chi connectivity index (χ0) is 12.6. The topological polar surface area (TPSA) is 90.7 Å². The van der Waals surface area contributed by atoms with Gasteiger partial charge in [0, 0.05) is 6.20 Å². The van der Waals surface area contributed by atoms with Gasteiger partial charge in [-0.15, -0.1) is 0 Å². The summed E-state index contributed by atoms with van der Waals surface area (Å²) < 4.78 is 5.30. The van der Waals surface area contributed by atoms with Gasteiger partial charge in [0.25, 0.3) is 0 Å². The summed E-state index contributed by atoms with van der Waals surface area (Å²) in [5.74, 6) is 1.68. The van der Waals surface area contributed by atoms with Crippen LogP contribution < -0.4 is 5.73 Å². The van der Waals surface area contributed by atoms with Gasteiger partial charge in [-0.05, 0) is 25.8 Å². The second-order valence-electron chi connectivity index (χ2n) is 4.78. The second kappa shape index (κ2) is 4.13. The first-order valence-corrected chi connectivity index (χ1v) is 6.10. The van der Waals surface area contributed by atoms with Gasteiger partial charge in [0.15, 0.2) is 0 Å². The summed E-state index contributed by atoms with van der Waals surface area (Å²) in [6.07, 6.45) is 5.71. The minimum absolute atomic E-state index is 0.451. The molecule has 2 heterocycles. The molecule has 0 bridgehead atoms. The highest BCUT2D eigenvalue weighted by Crippen LogP contribution is 2.35. The quantitative estimate of drug-likeness (QED) is 0.863. The van der Waals surface area contributed by atoms with Crippen molar-refractivity contribution in [3.8, 4) is 11.5 Å². The fraction of sp³-hybridized carbons (Fsp3) is 0.500. The van der Waals surface area contributed by atoms with Crippen LogP contribution in [0.2, 0.25) is 0 Å². The van der Waals surface area contributed by atoms with Gasteiger partial charge in [0.1, 0.15) is 11.5 Å². The first kappa shape index (κ1) is 11.3. The third kappa shape index (κ3) is 1.88. The Morgan fingerprint density at radius 2 is 2.06 bits per heavy atom. The van der Waals surface area contributed by atoms with E-state index in [2.05, 4.69) is 20.1 Å². The number of aromatic nitrogens is 4. The number of nitrogens with zero attached hydrogens (tertiary/aromatic N) is 4. The molecular formula is C12H15N5O. The van der Waals surface area contributed by atoms with E-state index in [0.29, 0.717) is 23.2 Å². The Labute approximate surface area is 105 Å². The van der Waals surface area contributed by atoms with E-state index < -0.39 is 5.54 Å². The Hall–Kier alpha value is -1.82. The minimum Gasteiger partial charge on any atom is -0.337 e. The molecule has 0 spiro atoms. The molecule has 6 nitrogen and oxygen atoms in total. The molecule has 0 aliphatic heterocycles. The van der Waals surface area contributed by atoms with E-state index in [1.54, 1.807) is 12.3 Å². The van der Waals surface area contributed by atoms with Crippen LogP contribution in [-0.2, 0) is 5.54 Å². The lowest BCUT2D eigenvalue weighted by Crippen LogP contribution is -2.33. The van der Waals surface area contributed by atoms with Gasteiger partial charge in [-0.25, -0.2) is 9.97 Å². The van der Waals surface area contributed by atoms with E-state index in [9.17, 15) is 0 Å². The number of rotatable bonds is 2. The van der Waals surface area contributed by atoms with Crippen LogP contribution in [0.3, 0.4) is 0 Å². The van der Waals surface area contributed by atoms with Gasteiger partial charge in [0.2, 0.25) is 11.7 Å². The molecule has 1 aliphatic rings. The molecule has 0 aromatic carbocycles. The SMILES string of the molecule is Cc1nccc(-c2noc(C3(N)CCCC3)n2)n1. The number of aryl methyl sites for hydroxylation is 1. The molecule has 6 heteroatoms. The molecular weight excluding hydrogens is 230 g/mol. The summed E-state index contributed by atoms with van der Waals surface area (Å²) in [5, 5.41) is 3.96. The van der Waals surface area contributed by atoms with Gasteiger partial charge in [-0.2, -0.15) is 4.98 Å². The lowest BCUT2D eigenvalue weighted by atomic mass is 9.99. The average molecular weight is 245 g/mol. The van der Waals surface area contributed by atoms with Crippen LogP contribution in [0.5, 0.6) is 0 Å². The van der Waals surface area contributed by atoms with Gasteiger partial charge in [-0.3, -0.25) is 0 Å². The van der Waals surface area contributed by atoms with Crippen molar-refractivity contribution < 1.29 is 4.52 Å². The first-order chi connectivity index (χ1) is 8.67. The van der Waals surface area contributed by atoms with Crippen molar-refractivity contribution in [1.82, 2.24) is 20.1 Å². The molecule has 0 atom stereocenters. The van der Waals surface area contributed by atoms with Crippen LogP contribution in [0, 0.1) is 6.92 Å². The van der Waals surface area contributed by atoms with E-state index in [0.717, 1.165) is 25.7 Å². The summed E-state index contributed by atoms with van der Waals surface area (Å²) in [4.78, 5) is 12.7. The van der Waals surface area contributed by atoms with Crippen LogP contribution >= 0.6 is 0 Å². The predicted molar refractivity (Wildman–Crippen MR) is 64.4 cm³/mol. The molecule has 94 valence electrons. The molecule has 0 saturated heterocycles. The molecule has 2 aromatic heterocycles. The van der Waals surface area contributed by atoms with Crippen LogP contribution in [0.4, 0.5) is 0 Å². The molecule has 1 aliphatic carbocycles. The van der Waals surface area contributed by atoms with Gasteiger partial charge in [0.05, 0.1) is 5.54 Å². The van der Waals surface area contributed by atoms with Crippen molar-refractivity contribution in [2.24, 2.45) is 5.73 Å². The van der Waals surface area contributed by atoms with E-state index in [1.165, 1.54) is 0 Å². The molecule has 3 rings (SSSR count). The Morgan fingerprint density at radius 1 is 1.28 bits per heavy atom. The Kier molecular flexibility index (Phi) is 2.59. The Balaban J connectivity index is 1.94. The lowest BCUT2D eigenvalue weighted by Gasteiger charge is -2.17. The summed E-state index contributed by atoms with van der Waals surface area (Å²) in [6, 6.07) is 1.76. The summed E-state index contributed by atoms with van der Waals surface area (Å²) in [6.45, 7) is 1.83. The van der Waals surface area contributed by atoms with E-state index >= 15 is 0 Å². The standard InChI is InChI=1S/C12H15N5O/c1-8-14-7-4-9(15-8)10-16-11(18-17-10)12(13)5-2-3-6-12/h4,7H,2-3,5-6,13H2,1H3. The normalized spacial score (nSPS) is 18.1. The smallest absolute Gasteiger partial charge is 0.247 e. The average Bonchev–Trinajstić information content (AvgIpc) is 2.98. The van der Waals surface area contributed by atoms with Crippen molar-refractivity contribution in [3.63, 3.8) is 0 Å². The zero-order valence-corrected chi connectivity index (χ0v) is 10.3. The van der Waals surface area contributed by atoms with Crippen molar-refractivity contribution >= 4 is 0 Å². The highest BCUT2D eigenvalue weighted by molar-refractivity contribution is 5.47. The number of nitrogens with two attached hydrogens (primary N) is 1. The van der Waals surface area contributed by atoms with Gasteiger partial charge < -0.3 is 10.3 Å². The predicted octanol–water partition coefficient (Wildman–Crippen LogP) is 1.56. The summed E-state index contributed by atoms with van der Waals surface area (Å²) in [5.41, 5.74) is 6.49. The molecule has 2 N–H and O–H groups in total. The Bertz CT molecular complexity index is 559. The fourth-order valence-corrected chi connectivity index (χ4v) is 2.33. The maximum absolute atomic E-state index is 6.27. The molecule has 0 radical (unpaired) electrons. The van der Waals surface area contributed by atoms with Crippen molar-refractivity contribution in [2.75, 3.05) is 0 Å². The van der Waals surface area contributed by atoms with Crippen LogP contribution in [0.1, 0.15) is 37.4 Å². The van der Waals surface area contributed by atoms with Crippen LogP contribution in [-0.4, -0.2) is 20.1 Å². The van der Waals surface area contributed by atoms with Crippen molar-refractivity contribution in [3.05, 3.63) is 24.0 Å². The van der Waals surface area contributed by atoms with Crippen molar-refractivity contribution in [1.29, 1.82) is 0 Å². The summed E-state index contributed by atoms with van der Waals surface area (Å²) in [7, 11) is 0. The number of hydrogen-bond acceptors (Lipinski definition) is 6. The number of hydrogen-bond donors (Lipinski definition) is 1. The molecule has 1 saturated carbocycles. The van der Waals surface area contributed by atoms with Gasteiger partial charge in [-0.1, -0.05) is 18.0 Å². The van der Waals surface area contributed by atoms with Gasteiger partial charge >= 0.3 is 0 Å². The molecule has 0 amide bonds. The highest BCUT2D eigenvalue weighted by Gasteiger charge is 2.37. The third-order valence-electron chi connectivity index (χ3n) is 3.35. The fourth-order valence-electron chi connectivity index (χ4n) is 2.33. The highest BCUT2D eigenvalue weighted by atomic mass is 16.5. The van der Waals surface area contributed by atoms with Crippen LogP contribution in [0.15, 0.2) is 16.8 Å². The van der Waals surface area contributed by atoms with Crippen molar-refractivity contribution in [2.45, 2.75) is 38.1 Å². The largest absolute Gasteiger partial charge is 0.337 e. The Morgan fingerprint density at radius 3 is 2.78 bits per heavy atom.